The average molecular weight is 394 g/mol. The number of benzene rings is 3. The zero-order chi connectivity index (χ0) is 20.8. The van der Waals surface area contributed by atoms with E-state index in [2.05, 4.69) is 4.98 Å². The molecule has 0 aliphatic carbocycles. The molecule has 4 aromatic rings. The molecule has 0 fully saturated rings. The summed E-state index contributed by atoms with van der Waals surface area (Å²) in [6, 6.07) is 15.1. The molecule has 148 valence electrons. The number of imidazole rings is 1. The lowest BCUT2D eigenvalue weighted by Crippen LogP contribution is -2.15. The predicted molar refractivity (Wildman–Crippen MR) is 108 cm³/mol. The van der Waals surface area contributed by atoms with Crippen molar-refractivity contribution in [3.63, 3.8) is 0 Å². The lowest BCUT2D eigenvalue weighted by Gasteiger charge is -2.17. The standard InChI is InChI=1S/C23H20F2N2O2/c1-23(2,28)15-7-9-19-18(12-15)26-13-27(19)16-6-4-5-14(11-16)21-20(29-3)10-8-17(24)22(21)25/h4-13,28H,1-3H3. The number of ether oxygens (including phenoxy) is 1. The van der Waals surface area contributed by atoms with E-state index in [1.165, 1.54) is 13.2 Å². The van der Waals surface area contributed by atoms with Crippen molar-refractivity contribution in [2.24, 2.45) is 0 Å². The molecule has 0 aliphatic heterocycles. The molecule has 4 nitrogen and oxygen atoms in total. The number of hydrogen-bond donors (Lipinski definition) is 1. The number of nitrogens with zero attached hydrogens (tertiary/aromatic N) is 2. The van der Waals surface area contributed by atoms with E-state index in [-0.39, 0.29) is 11.3 Å². The Balaban J connectivity index is 1.85. The monoisotopic (exact) mass is 394 g/mol. The second-order valence-electron chi connectivity index (χ2n) is 7.37. The zero-order valence-corrected chi connectivity index (χ0v) is 16.3. The van der Waals surface area contributed by atoms with Crippen LogP contribution < -0.4 is 4.74 Å². The maximum Gasteiger partial charge on any atom is 0.170 e. The molecule has 3 aromatic carbocycles. The van der Waals surface area contributed by atoms with Gasteiger partial charge in [0, 0.05) is 5.69 Å². The second-order valence-corrected chi connectivity index (χ2v) is 7.37. The number of aromatic nitrogens is 2. The Kier molecular flexibility index (Phi) is 4.59. The molecule has 4 rings (SSSR count). The van der Waals surface area contributed by atoms with Gasteiger partial charge in [0.2, 0.25) is 0 Å². The topological polar surface area (TPSA) is 47.3 Å². The van der Waals surface area contributed by atoms with Crippen molar-refractivity contribution in [2.45, 2.75) is 19.4 Å². The van der Waals surface area contributed by atoms with E-state index in [9.17, 15) is 13.9 Å². The zero-order valence-electron chi connectivity index (χ0n) is 16.3. The van der Waals surface area contributed by atoms with Crippen molar-refractivity contribution in [3.8, 4) is 22.6 Å². The molecule has 0 amide bonds. The van der Waals surface area contributed by atoms with Crippen LogP contribution in [0.1, 0.15) is 19.4 Å². The van der Waals surface area contributed by atoms with Crippen LogP contribution in [0.5, 0.6) is 5.75 Å². The van der Waals surface area contributed by atoms with E-state index >= 15 is 0 Å². The van der Waals surface area contributed by atoms with Crippen LogP contribution in [-0.2, 0) is 5.60 Å². The first kappa shape index (κ1) is 19.1. The Bertz CT molecular complexity index is 1210. The van der Waals surface area contributed by atoms with Gasteiger partial charge in [-0.1, -0.05) is 18.2 Å². The maximum atomic E-state index is 14.5. The minimum atomic E-state index is -0.969. The van der Waals surface area contributed by atoms with Gasteiger partial charge in [0.15, 0.2) is 11.6 Å². The third-order valence-electron chi connectivity index (χ3n) is 4.94. The van der Waals surface area contributed by atoms with Gasteiger partial charge in [-0.3, -0.25) is 4.57 Å². The summed E-state index contributed by atoms with van der Waals surface area (Å²) >= 11 is 0. The van der Waals surface area contributed by atoms with Crippen LogP contribution in [0.3, 0.4) is 0 Å². The Morgan fingerprint density at radius 1 is 1.03 bits per heavy atom. The van der Waals surface area contributed by atoms with Crippen LogP contribution >= 0.6 is 0 Å². The lowest BCUT2D eigenvalue weighted by molar-refractivity contribution is 0.0787. The highest BCUT2D eigenvalue weighted by molar-refractivity contribution is 5.79. The number of hydrogen-bond acceptors (Lipinski definition) is 3. The van der Waals surface area contributed by atoms with Gasteiger partial charge >= 0.3 is 0 Å². The summed E-state index contributed by atoms with van der Waals surface area (Å²) in [5, 5.41) is 10.2. The molecular formula is C23H20F2N2O2. The van der Waals surface area contributed by atoms with Crippen molar-refractivity contribution in [3.05, 3.63) is 78.1 Å². The summed E-state index contributed by atoms with van der Waals surface area (Å²) in [5.74, 6) is -1.63. The smallest absolute Gasteiger partial charge is 0.170 e. The van der Waals surface area contributed by atoms with Gasteiger partial charge < -0.3 is 9.84 Å². The highest BCUT2D eigenvalue weighted by Gasteiger charge is 2.19. The van der Waals surface area contributed by atoms with E-state index < -0.39 is 17.2 Å². The van der Waals surface area contributed by atoms with Crippen LogP contribution in [0, 0.1) is 11.6 Å². The average Bonchev–Trinajstić information content (AvgIpc) is 3.12. The highest BCUT2D eigenvalue weighted by atomic mass is 19.2. The molecule has 1 aromatic heterocycles. The number of fused-ring (bicyclic) bond motifs is 1. The first-order valence-corrected chi connectivity index (χ1v) is 9.12. The largest absolute Gasteiger partial charge is 0.496 e. The van der Waals surface area contributed by atoms with E-state index in [0.717, 1.165) is 28.4 Å². The van der Waals surface area contributed by atoms with Gasteiger partial charge in [0.05, 0.1) is 29.3 Å². The molecule has 0 saturated heterocycles. The summed E-state index contributed by atoms with van der Waals surface area (Å²) < 4.78 is 35.4. The SMILES string of the molecule is COc1ccc(F)c(F)c1-c1cccc(-n2cnc3cc(C(C)(C)O)ccc32)c1. The Hall–Kier alpha value is -3.25. The quantitative estimate of drug-likeness (QED) is 0.517. The normalized spacial score (nSPS) is 11.8. The van der Waals surface area contributed by atoms with Crippen molar-refractivity contribution in [1.29, 1.82) is 0 Å². The third kappa shape index (κ3) is 3.36. The fraction of sp³-hybridized carbons (Fsp3) is 0.174. The third-order valence-corrected chi connectivity index (χ3v) is 4.94. The van der Waals surface area contributed by atoms with Gasteiger partial charge in [-0.05, 0) is 61.4 Å². The summed E-state index contributed by atoms with van der Waals surface area (Å²) in [4.78, 5) is 4.43. The Labute approximate surface area is 167 Å². The number of aliphatic hydroxyl groups is 1. The number of halogens is 2. The van der Waals surface area contributed by atoms with E-state index in [4.69, 9.17) is 4.74 Å². The molecule has 0 bridgehead atoms. The van der Waals surface area contributed by atoms with Crippen molar-refractivity contribution >= 4 is 11.0 Å². The molecule has 0 unspecified atom stereocenters. The van der Waals surface area contributed by atoms with E-state index in [1.807, 2.05) is 28.8 Å². The van der Waals surface area contributed by atoms with Gasteiger partial charge in [-0.2, -0.15) is 0 Å². The molecular weight excluding hydrogens is 374 g/mol. The van der Waals surface area contributed by atoms with E-state index in [1.54, 1.807) is 38.4 Å². The van der Waals surface area contributed by atoms with Crippen LogP contribution in [-0.4, -0.2) is 21.8 Å². The van der Waals surface area contributed by atoms with Gasteiger partial charge in [0.1, 0.15) is 12.1 Å². The van der Waals surface area contributed by atoms with Crippen LogP contribution in [0.15, 0.2) is 60.9 Å². The fourth-order valence-corrected chi connectivity index (χ4v) is 3.38. The summed E-state index contributed by atoms with van der Waals surface area (Å²) in [6.07, 6.45) is 1.66. The molecule has 0 saturated carbocycles. The second kappa shape index (κ2) is 6.97. The molecule has 0 radical (unpaired) electrons. The lowest BCUT2D eigenvalue weighted by atomic mass is 9.98. The maximum absolute atomic E-state index is 14.5. The van der Waals surface area contributed by atoms with Gasteiger partial charge in [-0.15, -0.1) is 0 Å². The Morgan fingerprint density at radius 3 is 2.55 bits per heavy atom. The summed E-state index contributed by atoms with van der Waals surface area (Å²) in [7, 11) is 1.42. The van der Waals surface area contributed by atoms with E-state index in [0.29, 0.717) is 5.56 Å². The van der Waals surface area contributed by atoms with Gasteiger partial charge in [0.25, 0.3) is 0 Å². The predicted octanol–water partition coefficient (Wildman–Crippen LogP) is 5.21. The molecule has 0 spiro atoms. The summed E-state index contributed by atoms with van der Waals surface area (Å²) in [6.45, 7) is 3.44. The Morgan fingerprint density at radius 2 is 1.83 bits per heavy atom. The molecule has 1 N–H and O–H groups in total. The minimum absolute atomic E-state index is 0.0723. The molecule has 0 aliphatic rings. The van der Waals surface area contributed by atoms with Crippen molar-refractivity contribution in [2.75, 3.05) is 7.11 Å². The van der Waals surface area contributed by atoms with Crippen molar-refractivity contribution < 1.29 is 18.6 Å². The highest BCUT2D eigenvalue weighted by Crippen LogP contribution is 2.35. The molecule has 0 atom stereocenters. The summed E-state index contributed by atoms with van der Waals surface area (Å²) in [5.41, 5.74) is 2.66. The van der Waals surface area contributed by atoms with Crippen LogP contribution in [0.2, 0.25) is 0 Å². The molecule has 29 heavy (non-hydrogen) atoms. The number of methoxy groups -OCH3 is 1. The van der Waals surface area contributed by atoms with Gasteiger partial charge in [-0.25, -0.2) is 13.8 Å². The number of rotatable bonds is 4. The minimum Gasteiger partial charge on any atom is -0.496 e. The molecule has 6 heteroatoms. The van der Waals surface area contributed by atoms with Crippen molar-refractivity contribution in [1.82, 2.24) is 9.55 Å². The first-order valence-electron chi connectivity index (χ1n) is 9.12. The molecule has 1 heterocycles. The van der Waals surface area contributed by atoms with Crippen LogP contribution in [0.4, 0.5) is 8.78 Å². The first-order chi connectivity index (χ1) is 13.8. The van der Waals surface area contributed by atoms with Crippen LogP contribution in [0.25, 0.3) is 27.8 Å². The fourth-order valence-electron chi connectivity index (χ4n) is 3.38.